The summed E-state index contributed by atoms with van der Waals surface area (Å²) in [5.74, 6) is -0.143. The van der Waals surface area contributed by atoms with E-state index in [-0.39, 0.29) is 35.7 Å². The van der Waals surface area contributed by atoms with Gasteiger partial charge in [0.05, 0.1) is 0 Å². The average Bonchev–Trinajstić information content (AvgIpc) is 2.80. The van der Waals surface area contributed by atoms with E-state index in [1.165, 1.54) is 6.07 Å². The summed E-state index contributed by atoms with van der Waals surface area (Å²) in [5, 5.41) is 28.9. The fraction of sp³-hybridized carbons (Fsp3) is 0.417. The standard InChI is InChI=1S/C24H30N4O5/c1-17-13-19(4-6-20(17)29)28-8-2-7-27(24(28)33)16-23(32)26-11-9-25(10-12-26)15-18-3-5-21(30)22(31)14-18/h3-6,13-14,29-31H,2,7-12,15-16H2,1H3. The quantitative estimate of drug-likeness (QED) is 0.597. The molecule has 2 saturated heterocycles. The van der Waals surface area contributed by atoms with Crippen LogP contribution in [-0.4, -0.2) is 87.8 Å². The number of carbonyl (C=O) groups excluding carboxylic acids is 2. The summed E-state index contributed by atoms with van der Waals surface area (Å²) in [4.78, 5) is 33.2. The minimum absolute atomic E-state index is 0.0538. The molecule has 0 radical (unpaired) electrons. The maximum absolute atomic E-state index is 13.0. The summed E-state index contributed by atoms with van der Waals surface area (Å²) in [6, 6.07) is 9.70. The summed E-state index contributed by atoms with van der Waals surface area (Å²) in [7, 11) is 0. The number of carbonyl (C=O) groups is 2. The second-order valence-corrected chi connectivity index (χ2v) is 8.66. The molecule has 2 fully saturated rings. The van der Waals surface area contributed by atoms with Gasteiger partial charge in [-0.05, 0) is 54.8 Å². The van der Waals surface area contributed by atoms with Crippen LogP contribution >= 0.6 is 0 Å². The van der Waals surface area contributed by atoms with Crippen LogP contribution in [0, 0.1) is 6.92 Å². The Kier molecular flexibility index (Phi) is 6.60. The minimum atomic E-state index is -0.189. The lowest BCUT2D eigenvalue weighted by Gasteiger charge is -2.38. The van der Waals surface area contributed by atoms with Gasteiger partial charge in [-0.15, -0.1) is 0 Å². The third kappa shape index (κ3) is 5.14. The van der Waals surface area contributed by atoms with Crippen LogP contribution in [0.3, 0.4) is 0 Å². The van der Waals surface area contributed by atoms with Crippen molar-refractivity contribution in [3.63, 3.8) is 0 Å². The van der Waals surface area contributed by atoms with Crippen molar-refractivity contribution < 1.29 is 24.9 Å². The highest BCUT2D eigenvalue weighted by atomic mass is 16.3. The number of amides is 3. The van der Waals surface area contributed by atoms with Crippen LogP contribution in [0.5, 0.6) is 17.2 Å². The molecule has 0 unspecified atom stereocenters. The van der Waals surface area contributed by atoms with Crippen LogP contribution in [0.25, 0.3) is 0 Å². The van der Waals surface area contributed by atoms with Gasteiger partial charge in [0.25, 0.3) is 0 Å². The first-order valence-electron chi connectivity index (χ1n) is 11.2. The maximum Gasteiger partial charge on any atom is 0.324 e. The lowest BCUT2D eigenvalue weighted by atomic mass is 10.1. The molecule has 176 valence electrons. The number of benzene rings is 2. The molecule has 2 aliphatic rings. The molecule has 3 N–H and O–H groups in total. The van der Waals surface area contributed by atoms with Crippen LogP contribution < -0.4 is 4.90 Å². The smallest absolute Gasteiger partial charge is 0.324 e. The van der Waals surface area contributed by atoms with Gasteiger partial charge in [0.15, 0.2) is 11.5 Å². The van der Waals surface area contributed by atoms with E-state index in [2.05, 4.69) is 4.90 Å². The Balaban J connectivity index is 1.30. The summed E-state index contributed by atoms with van der Waals surface area (Å²) in [6.07, 6.45) is 0.770. The highest BCUT2D eigenvalue weighted by Crippen LogP contribution is 2.27. The predicted molar refractivity (Wildman–Crippen MR) is 123 cm³/mol. The van der Waals surface area contributed by atoms with Gasteiger partial charge >= 0.3 is 6.03 Å². The van der Waals surface area contributed by atoms with Crippen molar-refractivity contribution >= 4 is 17.6 Å². The second-order valence-electron chi connectivity index (χ2n) is 8.66. The molecular formula is C24H30N4O5. The predicted octanol–water partition coefficient (Wildman–Crippen LogP) is 2.09. The molecule has 2 aromatic carbocycles. The topological polar surface area (TPSA) is 108 Å². The fourth-order valence-corrected chi connectivity index (χ4v) is 4.32. The van der Waals surface area contributed by atoms with E-state index in [1.54, 1.807) is 52.0 Å². The van der Waals surface area contributed by atoms with Crippen LogP contribution in [0.2, 0.25) is 0 Å². The van der Waals surface area contributed by atoms with Gasteiger partial charge < -0.3 is 25.1 Å². The van der Waals surface area contributed by atoms with E-state index >= 15 is 0 Å². The van der Waals surface area contributed by atoms with Crippen molar-refractivity contribution in [2.24, 2.45) is 0 Å². The van der Waals surface area contributed by atoms with Crippen molar-refractivity contribution in [3.8, 4) is 17.2 Å². The number of phenols is 3. The molecule has 9 nitrogen and oxygen atoms in total. The summed E-state index contributed by atoms with van der Waals surface area (Å²) in [6.45, 7) is 6.14. The highest BCUT2D eigenvalue weighted by molar-refractivity contribution is 5.95. The van der Waals surface area contributed by atoms with Crippen LogP contribution in [0.1, 0.15) is 17.5 Å². The van der Waals surface area contributed by atoms with Gasteiger partial charge in [0, 0.05) is 51.5 Å². The van der Waals surface area contributed by atoms with Crippen LogP contribution in [0.15, 0.2) is 36.4 Å². The van der Waals surface area contributed by atoms with Gasteiger partial charge in [-0.1, -0.05) is 6.07 Å². The Morgan fingerprint density at radius 2 is 1.61 bits per heavy atom. The molecule has 0 saturated carbocycles. The number of hydrogen-bond donors (Lipinski definition) is 3. The Hall–Kier alpha value is -3.46. The fourth-order valence-electron chi connectivity index (χ4n) is 4.32. The zero-order valence-corrected chi connectivity index (χ0v) is 18.8. The Labute approximate surface area is 193 Å². The van der Waals surface area contributed by atoms with E-state index in [1.807, 2.05) is 0 Å². The van der Waals surface area contributed by atoms with Crippen LogP contribution in [-0.2, 0) is 11.3 Å². The van der Waals surface area contributed by atoms with Gasteiger partial charge in [-0.25, -0.2) is 4.79 Å². The third-order valence-corrected chi connectivity index (χ3v) is 6.30. The monoisotopic (exact) mass is 454 g/mol. The molecule has 2 heterocycles. The molecular weight excluding hydrogens is 424 g/mol. The largest absolute Gasteiger partial charge is 0.508 e. The Morgan fingerprint density at radius 1 is 0.879 bits per heavy atom. The molecule has 4 rings (SSSR count). The molecule has 33 heavy (non-hydrogen) atoms. The molecule has 0 aliphatic carbocycles. The highest BCUT2D eigenvalue weighted by Gasteiger charge is 2.30. The van der Waals surface area contributed by atoms with Crippen molar-refractivity contribution in [1.82, 2.24) is 14.7 Å². The van der Waals surface area contributed by atoms with E-state index in [4.69, 9.17) is 0 Å². The number of rotatable bonds is 5. The normalized spacial score (nSPS) is 17.5. The lowest BCUT2D eigenvalue weighted by molar-refractivity contribution is -0.133. The number of anilines is 1. The molecule has 3 amide bonds. The third-order valence-electron chi connectivity index (χ3n) is 6.30. The molecule has 0 spiro atoms. The first-order chi connectivity index (χ1) is 15.8. The lowest BCUT2D eigenvalue weighted by Crippen LogP contribution is -2.55. The Bertz CT molecular complexity index is 1040. The number of urea groups is 1. The molecule has 0 bridgehead atoms. The molecule has 2 aromatic rings. The SMILES string of the molecule is Cc1cc(N2CCCN(CC(=O)N3CCN(Cc4ccc(O)c(O)c4)CC3)C2=O)ccc1O. The zero-order valence-electron chi connectivity index (χ0n) is 18.8. The van der Waals surface area contributed by atoms with Gasteiger partial charge in [-0.2, -0.15) is 0 Å². The van der Waals surface area contributed by atoms with E-state index in [0.717, 1.165) is 17.7 Å². The van der Waals surface area contributed by atoms with Crippen LogP contribution in [0.4, 0.5) is 10.5 Å². The summed E-state index contributed by atoms with van der Waals surface area (Å²) in [5.41, 5.74) is 2.32. The number of hydrogen-bond acceptors (Lipinski definition) is 6. The van der Waals surface area contributed by atoms with Gasteiger partial charge in [-0.3, -0.25) is 14.6 Å². The average molecular weight is 455 g/mol. The summed E-state index contributed by atoms with van der Waals surface area (Å²) < 4.78 is 0. The second kappa shape index (κ2) is 9.58. The number of aryl methyl sites for hydroxylation is 1. The zero-order chi connectivity index (χ0) is 23.5. The first kappa shape index (κ1) is 22.7. The molecule has 2 aliphatic heterocycles. The maximum atomic E-state index is 13.0. The van der Waals surface area contributed by atoms with Gasteiger partial charge in [0.2, 0.25) is 5.91 Å². The first-order valence-corrected chi connectivity index (χ1v) is 11.2. The van der Waals surface area contributed by atoms with Gasteiger partial charge in [0.1, 0.15) is 12.3 Å². The number of piperazine rings is 1. The molecule has 9 heteroatoms. The number of phenolic OH excluding ortho intramolecular Hbond substituents is 3. The van der Waals surface area contributed by atoms with E-state index in [9.17, 15) is 24.9 Å². The van der Waals surface area contributed by atoms with Crippen molar-refractivity contribution in [2.45, 2.75) is 19.9 Å². The number of nitrogens with zero attached hydrogens (tertiary/aromatic N) is 4. The van der Waals surface area contributed by atoms with Crippen molar-refractivity contribution in [1.29, 1.82) is 0 Å². The molecule has 0 aromatic heterocycles. The minimum Gasteiger partial charge on any atom is -0.508 e. The number of aromatic hydroxyl groups is 3. The van der Waals surface area contributed by atoms with E-state index in [0.29, 0.717) is 51.4 Å². The van der Waals surface area contributed by atoms with Crippen molar-refractivity contribution in [3.05, 3.63) is 47.5 Å². The summed E-state index contributed by atoms with van der Waals surface area (Å²) >= 11 is 0. The Morgan fingerprint density at radius 3 is 2.30 bits per heavy atom. The molecule has 0 atom stereocenters. The van der Waals surface area contributed by atoms with Crippen molar-refractivity contribution in [2.75, 3.05) is 50.7 Å². The van der Waals surface area contributed by atoms with E-state index < -0.39 is 0 Å².